The predicted octanol–water partition coefficient (Wildman–Crippen LogP) is 5.86. The molecule has 204 valence electrons. The fraction of sp³-hybridized carbons (Fsp3) is 0.182. The van der Waals surface area contributed by atoms with Crippen LogP contribution in [0.5, 0.6) is 0 Å². The Balaban J connectivity index is 1.30. The predicted molar refractivity (Wildman–Crippen MR) is 166 cm³/mol. The van der Waals surface area contributed by atoms with Crippen LogP contribution >= 0.6 is 11.3 Å². The van der Waals surface area contributed by atoms with Gasteiger partial charge in [-0.2, -0.15) is 5.26 Å². The molecule has 2 aromatic heterocycles. The first-order valence-electron chi connectivity index (χ1n) is 13.6. The van der Waals surface area contributed by atoms with E-state index in [4.69, 9.17) is 11.5 Å². The maximum absolute atomic E-state index is 13.9. The largest absolute Gasteiger partial charge is 0.397 e. The molecule has 0 aliphatic carbocycles. The number of fused-ring (bicyclic) bond motifs is 1. The highest BCUT2D eigenvalue weighted by Gasteiger charge is 2.31. The summed E-state index contributed by atoms with van der Waals surface area (Å²) < 4.78 is 0. The van der Waals surface area contributed by atoms with Crippen molar-refractivity contribution in [1.82, 2.24) is 14.8 Å². The number of nitrogens with two attached hydrogens (primary N) is 2. The molecule has 6 rings (SSSR count). The molecule has 0 spiro atoms. The van der Waals surface area contributed by atoms with E-state index >= 15 is 0 Å². The number of hydrogen-bond donors (Lipinski definition) is 2. The van der Waals surface area contributed by atoms with Gasteiger partial charge in [-0.05, 0) is 23.6 Å². The monoisotopic (exact) mass is 558 g/mol. The van der Waals surface area contributed by atoms with Gasteiger partial charge in [0.2, 0.25) is 0 Å². The average molecular weight is 559 g/mol. The van der Waals surface area contributed by atoms with E-state index in [-0.39, 0.29) is 23.3 Å². The molecule has 1 aliphatic heterocycles. The molecule has 0 saturated carbocycles. The van der Waals surface area contributed by atoms with Gasteiger partial charge in [-0.25, -0.2) is 4.98 Å². The Bertz CT molecular complexity index is 1710. The first kappa shape index (κ1) is 26.5. The van der Waals surface area contributed by atoms with Crippen LogP contribution in [0.4, 0.5) is 11.5 Å². The Morgan fingerprint density at radius 2 is 1.49 bits per heavy atom. The summed E-state index contributed by atoms with van der Waals surface area (Å²) in [7, 11) is 0. The lowest BCUT2D eigenvalue weighted by Crippen LogP contribution is -2.49. The summed E-state index contributed by atoms with van der Waals surface area (Å²) in [5.41, 5.74) is 18.5. The standard InChI is InChI=1S/C33H30N6OS/c1-21-12-14-22(15-13-21)26-25(20-34)31(36)37-32-27(26)28(35)30(41-32)33(40)39-18-16-38(17-19-39)29(23-8-4-2-5-9-23)24-10-6-3-7-11-24/h2-15,29H,16-19,35H2,1H3,(H2,36,37). The number of rotatable bonds is 5. The van der Waals surface area contributed by atoms with E-state index in [1.807, 2.05) is 48.2 Å². The Hall–Kier alpha value is -4.71. The first-order chi connectivity index (χ1) is 20.0. The third kappa shape index (κ3) is 4.91. The molecule has 1 saturated heterocycles. The van der Waals surface area contributed by atoms with Crippen LogP contribution in [0.2, 0.25) is 0 Å². The topological polar surface area (TPSA) is 112 Å². The number of benzene rings is 3. The third-order valence-corrected chi connectivity index (χ3v) is 8.84. The van der Waals surface area contributed by atoms with Crippen LogP contribution in [0.1, 0.15) is 38.0 Å². The minimum Gasteiger partial charge on any atom is -0.397 e. The second-order valence-electron chi connectivity index (χ2n) is 10.3. The summed E-state index contributed by atoms with van der Waals surface area (Å²) in [5.74, 6) is 0.0189. The quantitative estimate of drug-likeness (QED) is 0.280. The van der Waals surface area contributed by atoms with Gasteiger partial charge >= 0.3 is 0 Å². The molecule has 3 aromatic carbocycles. The van der Waals surface area contributed by atoms with Crippen LogP contribution in [0, 0.1) is 18.3 Å². The number of aromatic nitrogens is 1. The van der Waals surface area contributed by atoms with Crippen molar-refractivity contribution in [3.05, 3.63) is 112 Å². The van der Waals surface area contributed by atoms with Crippen LogP contribution in [0.25, 0.3) is 21.3 Å². The van der Waals surface area contributed by atoms with E-state index in [2.05, 4.69) is 64.5 Å². The summed E-state index contributed by atoms with van der Waals surface area (Å²) in [6.07, 6.45) is 0. The van der Waals surface area contributed by atoms with Gasteiger partial charge in [0.15, 0.2) is 0 Å². The molecule has 3 heterocycles. The van der Waals surface area contributed by atoms with Crippen LogP contribution < -0.4 is 11.5 Å². The second kappa shape index (κ2) is 11.0. The Morgan fingerprint density at radius 1 is 0.902 bits per heavy atom. The number of carbonyl (C=O) groups is 1. The molecule has 1 fully saturated rings. The van der Waals surface area contributed by atoms with Crippen molar-refractivity contribution in [1.29, 1.82) is 5.26 Å². The highest BCUT2D eigenvalue weighted by molar-refractivity contribution is 7.21. The summed E-state index contributed by atoms with van der Waals surface area (Å²) >= 11 is 1.24. The molecule has 0 bridgehead atoms. The molecular weight excluding hydrogens is 528 g/mol. The molecule has 7 nitrogen and oxygen atoms in total. The van der Waals surface area contributed by atoms with Crippen LogP contribution in [0.15, 0.2) is 84.9 Å². The zero-order valence-electron chi connectivity index (χ0n) is 22.7. The lowest BCUT2D eigenvalue weighted by molar-refractivity contribution is 0.0603. The highest BCUT2D eigenvalue weighted by atomic mass is 32.1. The fourth-order valence-corrected chi connectivity index (χ4v) is 6.74. The normalized spacial score (nSPS) is 13.9. The van der Waals surface area contributed by atoms with Crippen molar-refractivity contribution in [2.75, 3.05) is 37.6 Å². The van der Waals surface area contributed by atoms with Gasteiger partial charge in [0, 0.05) is 37.1 Å². The third-order valence-electron chi connectivity index (χ3n) is 7.75. The van der Waals surface area contributed by atoms with Gasteiger partial charge < -0.3 is 16.4 Å². The van der Waals surface area contributed by atoms with E-state index in [9.17, 15) is 10.1 Å². The number of pyridine rings is 1. The van der Waals surface area contributed by atoms with E-state index in [0.717, 1.165) is 24.2 Å². The Kier molecular flexibility index (Phi) is 7.14. The number of hydrogen-bond acceptors (Lipinski definition) is 7. The number of amides is 1. The minimum atomic E-state index is -0.118. The molecule has 0 unspecified atom stereocenters. The van der Waals surface area contributed by atoms with Crippen molar-refractivity contribution < 1.29 is 4.79 Å². The molecular formula is C33H30N6OS. The molecule has 41 heavy (non-hydrogen) atoms. The minimum absolute atomic E-state index is 0.109. The SMILES string of the molecule is Cc1ccc(-c2c(C#N)c(N)nc3sc(C(=O)N4CCN(C(c5ccccc5)c5ccccc5)CC4)c(N)c23)cc1. The number of aryl methyl sites for hydroxylation is 1. The Labute approximate surface area is 243 Å². The van der Waals surface area contributed by atoms with Gasteiger partial charge in [-0.1, -0.05) is 90.5 Å². The number of nitrogens with zero attached hydrogens (tertiary/aromatic N) is 4. The van der Waals surface area contributed by atoms with Crippen molar-refractivity contribution in [2.45, 2.75) is 13.0 Å². The highest BCUT2D eigenvalue weighted by Crippen LogP contribution is 2.43. The molecule has 0 radical (unpaired) electrons. The number of nitriles is 1. The van der Waals surface area contributed by atoms with Crippen LogP contribution in [-0.2, 0) is 0 Å². The lowest BCUT2D eigenvalue weighted by Gasteiger charge is -2.39. The number of nitrogen functional groups attached to an aromatic ring is 2. The molecule has 8 heteroatoms. The van der Waals surface area contributed by atoms with E-state index < -0.39 is 0 Å². The molecule has 1 amide bonds. The van der Waals surface area contributed by atoms with Crippen LogP contribution in [0.3, 0.4) is 0 Å². The maximum atomic E-state index is 13.9. The van der Waals surface area contributed by atoms with Gasteiger partial charge in [0.05, 0.1) is 11.7 Å². The van der Waals surface area contributed by atoms with Gasteiger partial charge in [-0.15, -0.1) is 11.3 Å². The lowest BCUT2D eigenvalue weighted by atomic mass is 9.96. The number of anilines is 2. The fourth-order valence-electron chi connectivity index (χ4n) is 5.66. The van der Waals surface area contributed by atoms with Crippen LogP contribution in [-0.4, -0.2) is 46.9 Å². The van der Waals surface area contributed by atoms with Crippen molar-refractivity contribution in [3.63, 3.8) is 0 Å². The second-order valence-corrected chi connectivity index (χ2v) is 11.3. The molecule has 5 aromatic rings. The zero-order chi connectivity index (χ0) is 28.5. The molecule has 0 atom stereocenters. The molecule has 1 aliphatic rings. The van der Waals surface area contributed by atoms with E-state index in [1.165, 1.54) is 22.5 Å². The summed E-state index contributed by atoms with van der Waals surface area (Å²) in [5, 5.41) is 10.5. The van der Waals surface area contributed by atoms with Crippen molar-refractivity contribution in [3.8, 4) is 17.2 Å². The number of piperazine rings is 1. The Morgan fingerprint density at radius 3 is 2.05 bits per heavy atom. The van der Waals surface area contributed by atoms with Gasteiger partial charge in [0.1, 0.15) is 27.2 Å². The maximum Gasteiger partial charge on any atom is 0.266 e. The summed E-state index contributed by atoms with van der Waals surface area (Å²) in [6, 6.07) is 31.1. The van der Waals surface area contributed by atoms with Crippen molar-refractivity contribution in [2.24, 2.45) is 0 Å². The summed E-state index contributed by atoms with van der Waals surface area (Å²) in [4.78, 5) is 23.6. The first-order valence-corrected chi connectivity index (χ1v) is 14.4. The van der Waals surface area contributed by atoms with Gasteiger partial charge in [0.25, 0.3) is 5.91 Å². The molecule has 4 N–H and O–H groups in total. The van der Waals surface area contributed by atoms with E-state index in [1.54, 1.807) is 0 Å². The van der Waals surface area contributed by atoms with E-state index in [0.29, 0.717) is 39.4 Å². The van der Waals surface area contributed by atoms with Gasteiger partial charge in [-0.3, -0.25) is 9.69 Å². The smallest absolute Gasteiger partial charge is 0.266 e. The number of thiophene rings is 1. The average Bonchev–Trinajstić information content (AvgIpc) is 3.33. The summed E-state index contributed by atoms with van der Waals surface area (Å²) in [6.45, 7) is 4.61. The van der Waals surface area contributed by atoms with Crippen molar-refractivity contribution >= 4 is 39.0 Å². The number of carbonyl (C=O) groups excluding carboxylic acids is 1. The zero-order valence-corrected chi connectivity index (χ0v) is 23.6.